The van der Waals surface area contributed by atoms with Gasteiger partial charge in [0.2, 0.25) is 6.29 Å². The molecule has 2 heterocycles. The second kappa shape index (κ2) is 10.2. The molecule has 0 aromatic carbocycles. The van der Waals surface area contributed by atoms with Crippen molar-refractivity contribution in [2.45, 2.75) is 110 Å². The minimum Gasteiger partial charge on any atom is -0.472 e. The highest BCUT2D eigenvalue weighted by molar-refractivity contribution is 5.83. The van der Waals surface area contributed by atoms with E-state index in [0.29, 0.717) is 32.0 Å². The Hall–Kier alpha value is -1.72. The Morgan fingerprint density at radius 3 is 2.55 bits per heavy atom. The van der Waals surface area contributed by atoms with Crippen LogP contribution in [0.2, 0.25) is 0 Å². The third-order valence-electron chi connectivity index (χ3n) is 10.8. The maximum Gasteiger partial charge on any atom is 0.326 e. The second-order valence-electron chi connectivity index (χ2n) is 13.8. The molecule has 3 bridgehead atoms. The van der Waals surface area contributed by atoms with Gasteiger partial charge in [-0.2, -0.15) is 0 Å². The summed E-state index contributed by atoms with van der Waals surface area (Å²) in [6, 6.07) is -1.25. The lowest BCUT2D eigenvalue weighted by atomic mass is 9.61. The minimum absolute atomic E-state index is 0.0776. The summed E-state index contributed by atoms with van der Waals surface area (Å²) in [5.74, 6) is -1.38. The molecule has 13 atom stereocenters. The summed E-state index contributed by atoms with van der Waals surface area (Å²) in [5, 5.41) is 20.4. The molecule has 10 heteroatoms. The van der Waals surface area contributed by atoms with Gasteiger partial charge in [0.1, 0.15) is 12.1 Å². The third kappa shape index (κ3) is 4.32. The van der Waals surface area contributed by atoms with Crippen LogP contribution in [-0.2, 0) is 33.3 Å². The Morgan fingerprint density at radius 1 is 1.23 bits per heavy atom. The minimum atomic E-state index is -1.47. The van der Waals surface area contributed by atoms with E-state index in [1.165, 1.54) is 13.8 Å². The molecule has 40 heavy (non-hydrogen) atoms. The van der Waals surface area contributed by atoms with Crippen LogP contribution < -0.4 is 5.73 Å². The first kappa shape index (κ1) is 29.8. The van der Waals surface area contributed by atoms with Crippen LogP contribution >= 0.6 is 0 Å². The van der Waals surface area contributed by atoms with Crippen molar-refractivity contribution in [1.82, 2.24) is 0 Å². The van der Waals surface area contributed by atoms with E-state index in [1.54, 1.807) is 13.2 Å². The smallest absolute Gasteiger partial charge is 0.326 e. The summed E-state index contributed by atoms with van der Waals surface area (Å²) in [4.78, 5) is 26.9. The zero-order valence-electron chi connectivity index (χ0n) is 24.8. The maximum atomic E-state index is 13.8. The molecule has 4 N–H and O–H groups in total. The standard InChI is InChI=1S/C30H47NO9/c1-8-14(2)11-36-20-9-17-26(37-12-15(3)16(4)32)38-13-19-22-21(39-25(33)24(31)28(5,6)35)18-10-30(17,19)23(20)29(18,7)27(34)40-22/h13-18,20-24,26,32,35H,8-12,31H2,1-7H3/t14?,15-,16-,17+,18-,20+,21?,22+,23-,24+,26+,29+,30-/m0/s1. The molecule has 4 fully saturated rings. The number of hydrogen-bond donors (Lipinski definition) is 3. The second-order valence-corrected chi connectivity index (χ2v) is 13.8. The number of fused-ring (bicyclic) bond motifs is 3. The van der Waals surface area contributed by atoms with Gasteiger partial charge in [-0.1, -0.05) is 27.2 Å². The van der Waals surface area contributed by atoms with Crippen LogP contribution in [0.4, 0.5) is 0 Å². The number of esters is 2. The highest BCUT2D eigenvalue weighted by Gasteiger charge is 2.82. The molecule has 226 valence electrons. The number of nitrogens with two attached hydrogens (primary N) is 1. The number of aliphatic hydroxyl groups is 2. The normalized spacial score (nSPS) is 42.3. The van der Waals surface area contributed by atoms with Crippen LogP contribution in [0.5, 0.6) is 0 Å². The largest absolute Gasteiger partial charge is 0.472 e. The first-order valence-electron chi connectivity index (χ1n) is 14.8. The molecule has 10 nitrogen and oxygen atoms in total. The van der Waals surface area contributed by atoms with Crippen LogP contribution in [0, 0.1) is 40.4 Å². The van der Waals surface area contributed by atoms with Gasteiger partial charge in [-0.15, -0.1) is 0 Å². The number of hydrogen-bond acceptors (Lipinski definition) is 10. The van der Waals surface area contributed by atoms with Crippen molar-refractivity contribution < 1.29 is 43.5 Å². The van der Waals surface area contributed by atoms with E-state index in [9.17, 15) is 19.8 Å². The quantitative estimate of drug-likeness (QED) is 0.319. The Balaban J connectivity index is 1.53. The molecule has 0 aromatic heterocycles. The molecule has 2 aliphatic heterocycles. The molecule has 2 unspecified atom stereocenters. The van der Waals surface area contributed by atoms with Crippen molar-refractivity contribution in [3.8, 4) is 0 Å². The molecule has 5 rings (SSSR count). The molecule has 3 aliphatic carbocycles. The average Bonchev–Trinajstić information content (AvgIpc) is 3.32. The van der Waals surface area contributed by atoms with Gasteiger partial charge in [0.05, 0.1) is 36.1 Å². The Kier molecular flexibility index (Phi) is 7.61. The molecule has 1 saturated heterocycles. The Morgan fingerprint density at radius 2 is 1.93 bits per heavy atom. The summed E-state index contributed by atoms with van der Waals surface area (Å²) in [6.45, 7) is 13.7. The van der Waals surface area contributed by atoms with Crippen molar-refractivity contribution in [2.75, 3.05) is 13.2 Å². The molecular formula is C30H47NO9. The monoisotopic (exact) mass is 565 g/mol. The van der Waals surface area contributed by atoms with Crippen LogP contribution in [0.3, 0.4) is 0 Å². The van der Waals surface area contributed by atoms with Gasteiger partial charge in [-0.25, -0.2) is 0 Å². The van der Waals surface area contributed by atoms with E-state index in [1.807, 2.05) is 13.8 Å². The predicted octanol–water partition coefficient (Wildman–Crippen LogP) is 2.29. The van der Waals surface area contributed by atoms with Gasteiger partial charge in [-0.05, 0) is 46.5 Å². The topological polar surface area (TPSA) is 147 Å². The van der Waals surface area contributed by atoms with E-state index in [-0.39, 0.29) is 35.7 Å². The highest BCUT2D eigenvalue weighted by Crippen LogP contribution is 2.77. The Labute approximate surface area is 236 Å². The van der Waals surface area contributed by atoms with Crippen molar-refractivity contribution in [3.63, 3.8) is 0 Å². The van der Waals surface area contributed by atoms with E-state index in [2.05, 4.69) is 13.8 Å². The van der Waals surface area contributed by atoms with Crippen molar-refractivity contribution in [1.29, 1.82) is 0 Å². The van der Waals surface area contributed by atoms with Gasteiger partial charge in [0.15, 0.2) is 6.10 Å². The molecule has 1 spiro atoms. The van der Waals surface area contributed by atoms with Gasteiger partial charge in [0.25, 0.3) is 0 Å². The van der Waals surface area contributed by atoms with Gasteiger partial charge in [-0.3, -0.25) is 9.59 Å². The summed E-state index contributed by atoms with van der Waals surface area (Å²) >= 11 is 0. The molecular weight excluding hydrogens is 518 g/mol. The molecule has 0 amide bonds. The summed E-state index contributed by atoms with van der Waals surface area (Å²) in [7, 11) is 0. The lowest BCUT2D eigenvalue weighted by Crippen LogP contribution is -2.60. The molecule has 0 aromatic rings. The first-order valence-corrected chi connectivity index (χ1v) is 14.8. The number of aliphatic hydroxyl groups excluding tert-OH is 1. The van der Waals surface area contributed by atoms with E-state index >= 15 is 0 Å². The lowest BCUT2D eigenvalue weighted by molar-refractivity contribution is -0.215. The van der Waals surface area contributed by atoms with E-state index < -0.39 is 53.0 Å². The Bertz CT molecular complexity index is 1040. The van der Waals surface area contributed by atoms with Crippen LogP contribution in [0.1, 0.15) is 67.7 Å². The van der Waals surface area contributed by atoms with Crippen LogP contribution in [0.25, 0.3) is 0 Å². The van der Waals surface area contributed by atoms with Crippen LogP contribution in [0.15, 0.2) is 11.8 Å². The fraction of sp³-hybridized carbons (Fsp3) is 0.867. The number of carbonyl (C=O) groups excluding carboxylic acids is 2. The average molecular weight is 566 g/mol. The molecule has 0 radical (unpaired) electrons. The van der Waals surface area contributed by atoms with E-state index in [0.717, 1.165) is 12.0 Å². The molecule has 5 aliphatic rings. The zero-order chi connectivity index (χ0) is 29.4. The zero-order valence-corrected chi connectivity index (χ0v) is 24.8. The van der Waals surface area contributed by atoms with Gasteiger partial charge < -0.3 is 39.6 Å². The fourth-order valence-electron chi connectivity index (χ4n) is 7.95. The number of rotatable bonds is 11. The lowest BCUT2D eigenvalue weighted by Gasteiger charge is -2.51. The SMILES string of the molecule is CCC(C)CO[C@@H]1C[C@@H]2[C@H](OC[C@H](C)[C@H](C)O)OC=C3[C@H]4OC(=O)[C@]5(C)[C@@H](C[C@@]32[C@@H]15)C4OC(=O)[C@@H](N)C(C)(C)O. The molecule has 3 saturated carbocycles. The van der Waals surface area contributed by atoms with Crippen molar-refractivity contribution >= 4 is 11.9 Å². The third-order valence-corrected chi connectivity index (χ3v) is 10.8. The van der Waals surface area contributed by atoms with E-state index in [4.69, 9.17) is 29.4 Å². The van der Waals surface area contributed by atoms with Gasteiger partial charge in [0, 0.05) is 41.3 Å². The van der Waals surface area contributed by atoms with Crippen molar-refractivity contribution in [3.05, 3.63) is 11.8 Å². The first-order chi connectivity index (χ1) is 18.7. The highest BCUT2D eigenvalue weighted by atomic mass is 16.7. The number of carbonyl (C=O) groups is 2. The fourth-order valence-corrected chi connectivity index (χ4v) is 7.95. The maximum absolute atomic E-state index is 13.8. The van der Waals surface area contributed by atoms with Gasteiger partial charge >= 0.3 is 11.9 Å². The predicted molar refractivity (Wildman–Crippen MR) is 143 cm³/mol. The summed E-state index contributed by atoms with van der Waals surface area (Å²) in [5.41, 5.74) is 3.93. The summed E-state index contributed by atoms with van der Waals surface area (Å²) in [6.07, 6.45) is 1.02. The summed E-state index contributed by atoms with van der Waals surface area (Å²) < 4.78 is 31.2. The van der Waals surface area contributed by atoms with Crippen LogP contribution in [-0.4, -0.2) is 77.7 Å². The number of ether oxygens (including phenoxy) is 5. The van der Waals surface area contributed by atoms with Crippen molar-refractivity contribution in [2.24, 2.45) is 46.2 Å².